The van der Waals surface area contributed by atoms with Gasteiger partial charge in [0, 0.05) is 16.7 Å². The van der Waals surface area contributed by atoms with Crippen molar-refractivity contribution in [3.63, 3.8) is 0 Å². The Kier molecular flexibility index (Phi) is 6.65. The van der Waals surface area contributed by atoms with Gasteiger partial charge in [-0.05, 0) is 81.3 Å². The predicted octanol–water partition coefficient (Wildman–Crippen LogP) is 5.73. The zero-order chi connectivity index (χ0) is 16.1. The number of methoxy groups -OCH3 is 1. The van der Waals surface area contributed by atoms with Crippen molar-refractivity contribution >= 4 is 55.8 Å². The highest BCUT2D eigenvalue weighted by molar-refractivity contribution is 14.1. The summed E-state index contributed by atoms with van der Waals surface area (Å²) in [6.45, 7) is 3.25. The molecular formula is C16H16BrClINO2. The molecule has 0 atom stereocenters. The number of ether oxygens (including phenoxy) is 2. The second kappa shape index (κ2) is 8.26. The lowest BCUT2D eigenvalue weighted by Crippen LogP contribution is -2.03. The summed E-state index contributed by atoms with van der Waals surface area (Å²) in [5.41, 5.74) is 2.08. The molecule has 0 aliphatic rings. The van der Waals surface area contributed by atoms with E-state index in [2.05, 4.69) is 49.9 Å². The van der Waals surface area contributed by atoms with E-state index in [0.29, 0.717) is 18.2 Å². The predicted molar refractivity (Wildman–Crippen MR) is 103 cm³/mol. The van der Waals surface area contributed by atoms with Crippen LogP contribution < -0.4 is 14.8 Å². The maximum absolute atomic E-state index is 6.10. The Labute approximate surface area is 157 Å². The molecule has 0 saturated carbocycles. The Morgan fingerprint density at radius 3 is 2.68 bits per heavy atom. The van der Waals surface area contributed by atoms with E-state index in [-0.39, 0.29) is 0 Å². The standard InChI is InChI=1S/C16H16BrClINO2/c1-3-22-16-14(19)6-10(7-15(16)21-2)9-20-11-4-5-12(17)13(18)8-11/h4-8,20H,3,9H2,1-2H3. The van der Waals surface area contributed by atoms with E-state index < -0.39 is 0 Å². The van der Waals surface area contributed by atoms with Crippen LogP contribution in [0.3, 0.4) is 0 Å². The number of nitrogens with one attached hydrogen (secondary N) is 1. The van der Waals surface area contributed by atoms with Crippen LogP contribution in [-0.4, -0.2) is 13.7 Å². The molecule has 0 unspecified atom stereocenters. The summed E-state index contributed by atoms with van der Waals surface area (Å²) in [6, 6.07) is 9.87. The fourth-order valence-electron chi connectivity index (χ4n) is 1.97. The first-order chi connectivity index (χ1) is 10.5. The van der Waals surface area contributed by atoms with Gasteiger partial charge in [0.1, 0.15) is 0 Å². The Hall–Kier alpha value is -0.660. The van der Waals surface area contributed by atoms with Crippen molar-refractivity contribution in [2.24, 2.45) is 0 Å². The monoisotopic (exact) mass is 495 g/mol. The van der Waals surface area contributed by atoms with E-state index in [1.54, 1.807) is 7.11 Å². The van der Waals surface area contributed by atoms with E-state index >= 15 is 0 Å². The third-order valence-corrected chi connectivity index (χ3v) is 5.03. The van der Waals surface area contributed by atoms with Crippen molar-refractivity contribution in [3.8, 4) is 11.5 Å². The van der Waals surface area contributed by atoms with Crippen LogP contribution in [0.1, 0.15) is 12.5 Å². The van der Waals surface area contributed by atoms with Gasteiger partial charge in [0.25, 0.3) is 0 Å². The average molecular weight is 497 g/mol. The molecular weight excluding hydrogens is 480 g/mol. The van der Waals surface area contributed by atoms with E-state index in [4.69, 9.17) is 21.1 Å². The largest absolute Gasteiger partial charge is 0.493 e. The zero-order valence-corrected chi connectivity index (χ0v) is 16.8. The Balaban J connectivity index is 2.15. The second-order valence-corrected chi connectivity index (χ2v) is 6.95. The van der Waals surface area contributed by atoms with Crippen molar-refractivity contribution in [3.05, 3.63) is 49.0 Å². The lowest BCUT2D eigenvalue weighted by molar-refractivity contribution is 0.308. The summed E-state index contributed by atoms with van der Waals surface area (Å²) in [6.07, 6.45) is 0. The number of benzene rings is 2. The first-order valence-corrected chi connectivity index (χ1v) is 8.98. The third kappa shape index (κ3) is 4.43. The molecule has 2 aromatic rings. The van der Waals surface area contributed by atoms with Crippen LogP contribution >= 0.6 is 50.1 Å². The van der Waals surface area contributed by atoms with Crippen molar-refractivity contribution in [1.82, 2.24) is 0 Å². The third-order valence-electron chi connectivity index (χ3n) is 2.99. The van der Waals surface area contributed by atoms with Crippen LogP contribution in [0, 0.1) is 3.57 Å². The van der Waals surface area contributed by atoms with Crippen molar-refractivity contribution < 1.29 is 9.47 Å². The molecule has 0 aromatic heterocycles. The second-order valence-electron chi connectivity index (χ2n) is 4.52. The quantitative estimate of drug-likeness (QED) is 0.519. The minimum Gasteiger partial charge on any atom is -0.493 e. The maximum Gasteiger partial charge on any atom is 0.174 e. The van der Waals surface area contributed by atoms with Gasteiger partial charge in [0.15, 0.2) is 11.5 Å². The average Bonchev–Trinajstić information content (AvgIpc) is 2.50. The van der Waals surface area contributed by atoms with Gasteiger partial charge in [-0.1, -0.05) is 11.6 Å². The summed E-state index contributed by atoms with van der Waals surface area (Å²) in [5, 5.41) is 4.04. The first-order valence-electron chi connectivity index (χ1n) is 6.73. The number of hydrogen-bond donors (Lipinski definition) is 1. The van der Waals surface area contributed by atoms with Crippen LogP contribution in [0.25, 0.3) is 0 Å². The molecule has 0 spiro atoms. The molecule has 0 heterocycles. The zero-order valence-electron chi connectivity index (χ0n) is 12.3. The van der Waals surface area contributed by atoms with E-state index in [1.807, 2.05) is 31.2 Å². The van der Waals surface area contributed by atoms with Gasteiger partial charge < -0.3 is 14.8 Å². The normalized spacial score (nSPS) is 10.4. The Morgan fingerprint density at radius 2 is 2.05 bits per heavy atom. The fraction of sp³-hybridized carbons (Fsp3) is 0.250. The molecule has 0 saturated heterocycles. The number of rotatable bonds is 6. The summed E-state index contributed by atoms with van der Waals surface area (Å²) in [5.74, 6) is 1.54. The lowest BCUT2D eigenvalue weighted by atomic mass is 10.2. The van der Waals surface area contributed by atoms with Crippen molar-refractivity contribution in [2.75, 3.05) is 19.0 Å². The van der Waals surface area contributed by atoms with Gasteiger partial charge in [-0.2, -0.15) is 0 Å². The van der Waals surface area contributed by atoms with E-state index in [0.717, 1.165) is 30.8 Å². The van der Waals surface area contributed by atoms with E-state index in [1.165, 1.54) is 0 Å². The molecule has 3 nitrogen and oxygen atoms in total. The summed E-state index contributed by atoms with van der Waals surface area (Å²) in [7, 11) is 1.65. The highest BCUT2D eigenvalue weighted by Crippen LogP contribution is 2.34. The molecule has 0 bridgehead atoms. The van der Waals surface area contributed by atoms with Crippen LogP contribution in [0.2, 0.25) is 5.02 Å². The minimum atomic E-state index is 0.612. The van der Waals surface area contributed by atoms with Crippen LogP contribution in [0.5, 0.6) is 11.5 Å². The molecule has 0 aliphatic carbocycles. The van der Waals surface area contributed by atoms with Gasteiger partial charge in [-0.15, -0.1) is 0 Å². The van der Waals surface area contributed by atoms with Crippen molar-refractivity contribution in [1.29, 1.82) is 0 Å². The highest BCUT2D eigenvalue weighted by Gasteiger charge is 2.11. The van der Waals surface area contributed by atoms with Gasteiger partial charge >= 0.3 is 0 Å². The van der Waals surface area contributed by atoms with Crippen LogP contribution in [0.15, 0.2) is 34.8 Å². The molecule has 0 fully saturated rings. The van der Waals surface area contributed by atoms with Gasteiger partial charge in [0.2, 0.25) is 0 Å². The summed E-state index contributed by atoms with van der Waals surface area (Å²) in [4.78, 5) is 0. The maximum atomic E-state index is 6.10. The topological polar surface area (TPSA) is 30.5 Å². The molecule has 22 heavy (non-hydrogen) atoms. The highest BCUT2D eigenvalue weighted by atomic mass is 127. The lowest BCUT2D eigenvalue weighted by Gasteiger charge is -2.14. The molecule has 1 N–H and O–H groups in total. The molecule has 2 aromatic carbocycles. The van der Waals surface area contributed by atoms with Crippen LogP contribution in [-0.2, 0) is 6.54 Å². The van der Waals surface area contributed by atoms with Crippen molar-refractivity contribution in [2.45, 2.75) is 13.5 Å². The smallest absolute Gasteiger partial charge is 0.174 e. The first kappa shape index (κ1) is 17.7. The molecule has 6 heteroatoms. The molecule has 0 amide bonds. The number of halogens is 3. The number of anilines is 1. The van der Waals surface area contributed by atoms with Crippen LogP contribution in [0.4, 0.5) is 5.69 Å². The van der Waals surface area contributed by atoms with Gasteiger partial charge in [-0.25, -0.2) is 0 Å². The molecule has 118 valence electrons. The van der Waals surface area contributed by atoms with Gasteiger partial charge in [-0.3, -0.25) is 0 Å². The summed E-state index contributed by atoms with van der Waals surface area (Å²) >= 11 is 11.7. The molecule has 0 aliphatic heterocycles. The van der Waals surface area contributed by atoms with E-state index in [9.17, 15) is 0 Å². The molecule has 0 radical (unpaired) electrons. The fourth-order valence-corrected chi connectivity index (χ4v) is 3.22. The van der Waals surface area contributed by atoms with Gasteiger partial charge in [0.05, 0.1) is 22.3 Å². The SMILES string of the molecule is CCOc1c(I)cc(CNc2ccc(Br)c(Cl)c2)cc1OC. The Morgan fingerprint density at radius 1 is 1.27 bits per heavy atom. The molecule has 2 rings (SSSR count). The Bertz CT molecular complexity index is 667. The minimum absolute atomic E-state index is 0.612. The number of hydrogen-bond acceptors (Lipinski definition) is 3. The summed E-state index contributed by atoms with van der Waals surface area (Å²) < 4.78 is 13.0.